The Kier molecular flexibility index (Phi) is 6.60. The third-order valence-corrected chi connectivity index (χ3v) is 5.11. The van der Waals surface area contributed by atoms with Gasteiger partial charge in [-0.1, -0.05) is 27.2 Å². The number of aryl methyl sites for hydroxylation is 1. The van der Waals surface area contributed by atoms with Gasteiger partial charge in [0.05, 0.1) is 12.3 Å². The van der Waals surface area contributed by atoms with Crippen LogP contribution < -0.4 is 0 Å². The van der Waals surface area contributed by atoms with Crippen LogP contribution in [0.1, 0.15) is 62.5 Å². The third-order valence-electron chi connectivity index (χ3n) is 5.11. The van der Waals surface area contributed by atoms with Crippen molar-refractivity contribution in [3.05, 3.63) is 30.0 Å². The second-order valence-electron chi connectivity index (χ2n) is 7.55. The van der Waals surface area contributed by atoms with Crippen LogP contribution in [0.25, 0.3) is 0 Å². The van der Waals surface area contributed by atoms with E-state index in [0.717, 1.165) is 44.7 Å². The molecule has 3 heterocycles. The lowest BCUT2D eigenvalue weighted by Gasteiger charge is -2.38. The van der Waals surface area contributed by atoms with Gasteiger partial charge in [0.1, 0.15) is 0 Å². The van der Waals surface area contributed by atoms with E-state index in [9.17, 15) is 4.79 Å². The van der Waals surface area contributed by atoms with Gasteiger partial charge < -0.3 is 9.32 Å². The topological polar surface area (TPSA) is 80.3 Å². The number of carbonyl (C=O) groups excluding carboxylic acids is 1. The summed E-state index contributed by atoms with van der Waals surface area (Å²) in [4.78, 5) is 16.7. The lowest BCUT2D eigenvalue weighted by atomic mass is 10.1. The first-order valence-corrected chi connectivity index (χ1v) is 9.93. The maximum Gasteiger partial charge on any atom is 0.289 e. The summed E-state index contributed by atoms with van der Waals surface area (Å²) in [6.07, 6.45) is 4.67. The van der Waals surface area contributed by atoms with Crippen molar-refractivity contribution in [1.29, 1.82) is 0 Å². The number of nitrogens with zero attached hydrogens (tertiary/aromatic N) is 6. The molecule has 2 aromatic rings. The smallest absolute Gasteiger partial charge is 0.289 e. The number of carbonyl (C=O) groups is 1. The number of amides is 1. The summed E-state index contributed by atoms with van der Waals surface area (Å²) in [6, 6.07) is 3.66. The summed E-state index contributed by atoms with van der Waals surface area (Å²) in [5, 5.41) is 12.5. The molecule has 3 rings (SSSR count). The van der Waals surface area contributed by atoms with E-state index in [1.165, 1.54) is 6.26 Å². The molecule has 27 heavy (non-hydrogen) atoms. The minimum Gasteiger partial charge on any atom is -0.459 e. The Morgan fingerprint density at radius 3 is 2.63 bits per heavy atom. The van der Waals surface area contributed by atoms with Crippen LogP contribution >= 0.6 is 0 Å². The van der Waals surface area contributed by atoms with Crippen LogP contribution in [0.4, 0.5) is 0 Å². The van der Waals surface area contributed by atoms with E-state index < -0.39 is 0 Å². The second-order valence-corrected chi connectivity index (χ2v) is 7.55. The van der Waals surface area contributed by atoms with E-state index >= 15 is 0 Å². The highest BCUT2D eigenvalue weighted by atomic mass is 16.3. The second kappa shape index (κ2) is 9.12. The maximum absolute atomic E-state index is 12.5. The van der Waals surface area contributed by atoms with Gasteiger partial charge >= 0.3 is 0 Å². The Hall–Kier alpha value is -2.22. The Balaban J connectivity index is 1.65. The monoisotopic (exact) mass is 374 g/mol. The summed E-state index contributed by atoms with van der Waals surface area (Å²) in [6.45, 7) is 10.5. The van der Waals surface area contributed by atoms with Crippen LogP contribution in [-0.2, 0) is 6.54 Å². The molecule has 0 aromatic carbocycles. The van der Waals surface area contributed by atoms with Crippen molar-refractivity contribution < 1.29 is 9.21 Å². The molecule has 1 aliphatic rings. The summed E-state index contributed by atoms with van der Waals surface area (Å²) < 4.78 is 7.21. The Morgan fingerprint density at radius 1 is 1.22 bits per heavy atom. The molecule has 0 radical (unpaired) electrons. The number of hydrogen-bond acceptors (Lipinski definition) is 6. The number of hydrogen-bond donors (Lipinski definition) is 0. The molecule has 1 saturated heterocycles. The van der Waals surface area contributed by atoms with Gasteiger partial charge in [0.25, 0.3) is 5.91 Å². The molecular weight excluding hydrogens is 344 g/mol. The first-order chi connectivity index (χ1) is 13.1. The van der Waals surface area contributed by atoms with Crippen LogP contribution in [0.2, 0.25) is 0 Å². The quantitative estimate of drug-likeness (QED) is 0.707. The molecule has 1 aliphatic heterocycles. The highest BCUT2D eigenvalue weighted by molar-refractivity contribution is 5.91. The Labute approximate surface area is 160 Å². The highest BCUT2D eigenvalue weighted by Gasteiger charge is 2.30. The van der Waals surface area contributed by atoms with E-state index in [0.29, 0.717) is 24.8 Å². The minimum absolute atomic E-state index is 0.0338. The van der Waals surface area contributed by atoms with E-state index in [4.69, 9.17) is 4.42 Å². The number of furan rings is 1. The van der Waals surface area contributed by atoms with Gasteiger partial charge in [-0.3, -0.25) is 9.69 Å². The van der Waals surface area contributed by atoms with Crippen LogP contribution in [0.3, 0.4) is 0 Å². The zero-order valence-electron chi connectivity index (χ0n) is 16.5. The first-order valence-electron chi connectivity index (χ1n) is 9.93. The molecule has 8 nitrogen and oxygen atoms in total. The largest absolute Gasteiger partial charge is 0.459 e. The standard InChI is InChI=1S/C19H30N6O2/c1-4-6-16(18-20-21-22-25(18)9-8-15(2)3)23-10-12-24(13-11-23)19(26)17-7-5-14-27-17/h5,7,14-16H,4,6,8-13H2,1-3H3. The fourth-order valence-corrected chi connectivity index (χ4v) is 3.53. The zero-order chi connectivity index (χ0) is 19.2. The fraction of sp³-hybridized carbons (Fsp3) is 0.684. The molecule has 0 bridgehead atoms. The summed E-state index contributed by atoms with van der Waals surface area (Å²) >= 11 is 0. The van der Waals surface area contributed by atoms with Crippen molar-refractivity contribution in [2.75, 3.05) is 26.2 Å². The van der Waals surface area contributed by atoms with Gasteiger partial charge in [0.2, 0.25) is 0 Å². The molecule has 1 amide bonds. The van der Waals surface area contributed by atoms with Gasteiger partial charge in [0.15, 0.2) is 11.6 Å². The molecule has 0 N–H and O–H groups in total. The summed E-state index contributed by atoms with van der Waals surface area (Å²) in [5.74, 6) is 1.94. The molecule has 2 aromatic heterocycles. The first kappa shape index (κ1) is 19.5. The third kappa shape index (κ3) is 4.74. The molecule has 1 fully saturated rings. The maximum atomic E-state index is 12.5. The average molecular weight is 374 g/mol. The fourth-order valence-electron chi connectivity index (χ4n) is 3.53. The van der Waals surface area contributed by atoms with Crippen molar-refractivity contribution >= 4 is 5.91 Å². The van der Waals surface area contributed by atoms with Crippen molar-refractivity contribution in [3.63, 3.8) is 0 Å². The van der Waals surface area contributed by atoms with Crippen LogP contribution in [0.5, 0.6) is 0 Å². The molecule has 0 aliphatic carbocycles. The predicted octanol–water partition coefficient (Wildman–Crippen LogP) is 2.61. The Morgan fingerprint density at radius 2 is 2.00 bits per heavy atom. The highest BCUT2D eigenvalue weighted by Crippen LogP contribution is 2.25. The normalized spacial score (nSPS) is 16.8. The van der Waals surface area contributed by atoms with Crippen LogP contribution in [-0.4, -0.2) is 62.1 Å². The van der Waals surface area contributed by atoms with Gasteiger partial charge in [-0.25, -0.2) is 4.68 Å². The molecule has 0 saturated carbocycles. The van der Waals surface area contributed by atoms with E-state index in [1.54, 1.807) is 12.1 Å². The van der Waals surface area contributed by atoms with Gasteiger partial charge in [0, 0.05) is 32.7 Å². The number of aromatic nitrogens is 4. The van der Waals surface area contributed by atoms with Gasteiger partial charge in [-0.05, 0) is 41.3 Å². The van der Waals surface area contributed by atoms with Gasteiger partial charge in [-0.2, -0.15) is 0 Å². The zero-order valence-corrected chi connectivity index (χ0v) is 16.5. The van der Waals surface area contributed by atoms with Gasteiger partial charge in [-0.15, -0.1) is 5.10 Å². The van der Waals surface area contributed by atoms with Crippen LogP contribution in [0.15, 0.2) is 22.8 Å². The lowest BCUT2D eigenvalue weighted by Crippen LogP contribution is -2.50. The Bertz CT molecular complexity index is 704. The molecule has 1 atom stereocenters. The molecule has 8 heteroatoms. The predicted molar refractivity (Wildman–Crippen MR) is 101 cm³/mol. The van der Waals surface area contributed by atoms with Crippen molar-refractivity contribution in [3.8, 4) is 0 Å². The van der Waals surface area contributed by atoms with Crippen molar-refractivity contribution in [2.45, 2.75) is 52.6 Å². The van der Waals surface area contributed by atoms with Crippen LogP contribution in [0, 0.1) is 5.92 Å². The number of tetrazole rings is 1. The van der Waals surface area contributed by atoms with E-state index in [1.807, 2.05) is 9.58 Å². The average Bonchev–Trinajstić information content (AvgIpc) is 3.36. The summed E-state index contributed by atoms with van der Waals surface area (Å²) in [7, 11) is 0. The summed E-state index contributed by atoms with van der Waals surface area (Å²) in [5.41, 5.74) is 0. The van der Waals surface area contributed by atoms with E-state index in [2.05, 4.69) is 41.2 Å². The molecule has 1 unspecified atom stereocenters. The molecule has 0 spiro atoms. The minimum atomic E-state index is -0.0338. The molecule has 148 valence electrons. The van der Waals surface area contributed by atoms with Crippen molar-refractivity contribution in [2.24, 2.45) is 5.92 Å². The SMILES string of the molecule is CCCC(c1nnnn1CCC(C)C)N1CCN(C(=O)c2ccco2)CC1. The molecular formula is C19H30N6O2. The van der Waals surface area contributed by atoms with Crippen molar-refractivity contribution in [1.82, 2.24) is 30.0 Å². The van der Waals surface area contributed by atoms with E-state index in [-0.39, 0.29) is 11.9 Å². The number of piperazine rings is 1. The number of rotatable bonds is 8. The lowest BCUT2D eigenvalue weighted by molar-refractivity contribution is 0.0514.